The number of unbranched alkanes of at least 4 members (excludes halogenated alkanes) is 1. The van der Waals surface area contributed by atoms with Crippen LogP contribution in [0.4, 0.5) is 4.79 Å². The lowest BCUT2D eigenvalue weighted by atomic mass is 9.90. The maximum atomic E-state index is 13.8. The summed E-state index contributed by atoms with van der Waals surface area (Å²) < 4.78 is 5.32. The van der Waals surface area contributed by atoms with Crippen LogP contribution in [0.1, 0.15) is 91.8 Å². The molecular weight excluding hydrogens is 430 g/mol. The molecule has 0 aliphatic rings. The average molecular weight is 472 g/mol. The van der Waals surface area contributed by atoms with E-state index in [-0.39, 0.29) is 5.91 Å². The Balaban J connectivity index is 3.51. The number of nitrogens with zero attached hydrogens (tertiary/aromatic N) is 1. The van der Waals surface area contributed by atoms with Crippen LogP contribution in [0.2, 0.25) is 0 Å². The molecule has 1 aromatic carbocycles. The molecule has 1 rings (SSSR count). The van der Waals surface area contributed by atoms with Gasteiger partial charge in [-0.2, -0.15) is 0 Å². The molecule has 0 saturated carbocycles. The highest BCUT2D eigenvalue weighted by Crippen LogP contribution is 2.33. The highest BCUT2D eigenvalue weighted by Gasteiger charge is 2.42. The van der Waals surface area contributed by atoms with Gasteiger partial charge in [-0.1, -0.05) is 44.4 Å². The normalized spacial score (nSPS) is 13.3. The number of rotatable bonds is 10. The number of benzene rings is 1. The van der Waals surface area contributed by atoms with Gasteiger partial charge in [-0.25, -0.2) is 4.79 Å². The minimum absolute atomic E-state index is 0.310. The van der Waals surface area contributed by atoms with Crippen LogP contribution in [0.5, 0.6) is 0 Å². The summed E-state index contributed by atoms with van der Waals surface area (Å²) in [5.74, 6) is 1.93. The summed E-state index contributed by atoms with van der Waals surface area (Å²) in [6.07, 6.45) is 7.37. The van der Waals surface area contributed by atoms with Crippen LogP contribution in [0.3, 0.4) is 0 Å². The van der Waals surface area contributed by atoms with E-state index < -0.39 is 35.2 Å². The first-order valence-corrected chi connectivity index (χ1v) is 11.9. The number of hydrogen-bond acceptors (Lipinski definition) is 4. The van der Waals surface area contributed by atoms with E-state index in [0.717, 1.165) is 12.8 Å². The highest BCUT2D eigenvalue weighted by molar-refractivity contribution is 5.92. The SMILES string of the molecule is C#Cc1ccccc1C(C(=O)NCCCC)N(C(=O)C(C)NC(=O)OC(C)(C)C)C(C)(C)CC. The molecule has 1 aromatic rings. The van der Waals surface area contributed by atoms with Gasteiger partial charge in [-0.05, 0) is 66.0 Å². The predicted molar refractivity (Wildman–Crippen MR) is 135 cm³/mol. The minimum atomic E-state index is -0.963. The van der Waals surface area contributed by atoms with E-state index in [1.165, 1.54) is 0 Å². The van der Waals surface area contributed by atoms with Crippen molar-refractivity contribution < 1.29 is 19.1 Å². The van der Waals surface area contributed by atoms with Crippen molar-refractivity contribution in [3.8, 4) is 12.3 Å². The first-order valence-electron chi connectivity index (χ1n) is 11.9. The van der Waals surface area contributed by atoms with Crippen LogP contribution < -0.4 is 10.6 Å². The Morgan fingerprint density at radius 3 is 2.26 bits per heavy atom. The molecule has 0 radical (unpaired) electrons. The van der Waals surface area contributed by atoms with Gasteiger partial charge in [0.05, 0.1) is 0 Å². The number of nitrogens with one attached hydrogen (secondary N) is 2. The van der Waals surface area contributed by atoms with Gasteiger partial charge in [0.25, 0.3) is 0 Å². The van der Waals surface area contributed by atoms with E-state index in [2.05, 4.69) is 16.6 Å². The zero-order chi connectivity index (χ0) is 26.1. The van der Waals surface area contributed by atoms with Crippen molar-refractivity contribution >= 4 is 17.9 Å². The molecule has 2 N–H and O–H groups in total. The average Bonchev–Trinajstić information content (AvgIpc) is 2.75. The number of hydrogen-bond donors (Lipinski definition) is 2. The van der Waals surface area contributed by atoms with Gasteiger partial charge in [-0.3, -0.25) is 9.59 Å². The van der Waals surface area contributed by atoms with Crippen LogP contribution in [0.25, 0.3) is 0 Å². The quantitative estimate of drug-likeness (QED) is 0.387. The Bertz CT molecular complexity index is 896. The van der Waals surface area contributed by atoms with E-state index in [1.54, 1.807) is 56.9 Å². The number of carbonyl (C=O) groups excluding carboxylic acids is 3. The maximum absolute atomic E-state index is 13.8. The van der Waals surface area contributed by atoms with E-state index in [9.17, 15) is 14.4 Å². The predicted octanol–water partition coefficient (Wildman–Crippen LogP) is 4.56. The third kappa shape index (κ3) is 8.09. The van der Waals surface area contributed by atoms with Gasteiger partial charge < -0.3 is 20.3 Å². The van der Waals surface area contributed by atoms with Crippen molar-refractivity contribution in [2.75, 3.05) is 6.54 Å². The van der Waals surface area contributed by atoms with Crippen molar-refractivity contribution in [2.45, 2.75) is 97.9 Å². The van der Waals surface area contributed by atoms with Gasteiger partial charge in [0.2, 0.25) is 11.8 Å². The number of alkyl carbamates (subject to hydrolysis) is 1. The van der Waals surface area contributed by atoms with Crippen LogP contribution >= 0.6 is 0 Å². The van der Waals surface area contributed by atoms with Gasteiger partial charge in [0.15, 0.2) is 0 Å². The number of amides is 3. The highest BCUT2D eigenvalue weighted by atomic mass is 16.6. The minimum Gasteiger partial charge on any atom is -0.444 e. The van der Waals surface area contributed by atoms with Crippen LogP contribution in [0, 0.1) is 12.3 Å². The fourth-order valence-electron chi connectivity index (χ4n) is 3.45. The second-order valence-corrected chi connectivity index (χ2v) is 10.0. The summed E-state index contributed by atoms with van der Waals surface area (Å²) >= 11 is 0. The molecule has 7 heteroatoms. The Morgan fingerprint density at radius 1 is 1.12 bits per heavy atom. The smallest absolute Gasteiger partial charge is 0.408 e. The zero-order valence-electron chi connectivity index (χ0n) is 22.0. The Kier molecular flexibility index (Phi) is 10.6. The number of terminal acetylenes is 1. The first-order chi connectivity index (χ1) is 15.8. The molecule has 188 valence electrons. The van der Waals surface area contributed by atoms with Gasteiger partial charge in [0, 0.05) is 17.6 Å². The van der Waals surface area contributed by atoms with E-state index >= 15 is 0 Å². The van der Waals surface area contributed by atoms with Crippen molar-refractivity contribution in [1.82, 2.24) is 15.5 Å². The molecule has 0 heterocycles. The number of carbonyl (C=O) groups is 3. The fourth-order valence-corrected chi connectivity index (χ4v) is 3.45. The molecule has 0 aliphatic heterocycles. The number of ether oxygens (including phenoxy) is 1. The summed E-state index contributed by atoms with van der Waals surface area (Å²) in [7, 11) is 0. The first kappa shape index (κ1) is 29.0. The third-order valence-corrected chi connectivity index (χ3v) is 5.61. The van der Waals surface area contributed by atoms with E-state index in [4.69, 9.17) is 11.2 Å². The molecule has 0 spiro atoms. The summed E-state index contributed by atoms with van der Waals surface area (Å²) in [4.78, 5) is 41.3. The summed E-state index contributed by atoms with van der Waals surface area (Å²) in [6, 6.07) is 5.24. The monoisotopic (exact) mass is 471 g/mol. The van der Waals surface area contributed by atoms with Crippen molar-refractivity contribution in [3.05, 3.63) is 35.4 Å². The van der Waals surface area contributed by atoms with Gasteiger partial charge in [0.1, 0.15) is 17.7 Å². The molecule has 0 saturated heterocycles. The summed E-state index contributed by atoms with van der Waals surface area (Å²) in [6.45, 7) is 15.1. The lowest BCUT2D eigenvalue weighted by Gasteiger charge is -2.44. The molecule has 34 heavy (non-hydrogen) atoms. The second kappa shape index (κ2) is 12.5. The van der Waals surface area contributed by atoms with Gasteiger partial charge >= 0.3 is 6.09 Å². The molecule has 0 aromatic heterocycles. The molecule has 0 bridgehead atoms. The molecule has 2 unspecified atom stereocenters. The molecule has 3 amide bonds. The van der Waals surface area contributed by atoms with Gasteiger partial charge in [-0.15, -0.1) is 6.42 Å². The molecule has 7 nitrogen and oxygen atoms in total. The Labute approximate surface area is 205 Å². The standard InChI is InChI=1S/C27H41N3O4/c1-10-13-18-28-23(31)22(21-17-15-14-16-20(21)11-2)30(27(8,9)12-3)24(32)19(4)29-25(33)34-26(5,6)7/h2,14-17,19,22H,10,12-13,18H2,1,3-9H3,(H,28,31)(H,29,33). The van der Waals surface area contributed by atoms with Crippen molar-refractivity contribution in [3.63, 3.8) is 0 Å². The molecular formula is C27H41N3O4. The fraction of sp³-hybridized carbons (Fsp3) is 0.593. The Hall–Kier alpha value is -3.01. The lowest BCUT2D eigenvalue weighted by molar-refractivity contribution is -0.149. The third-order valence-electron chi connectivity index (χ3n) is 5.61. The molecule has 2 atom stereocenters. The van der Waals surface area contributed by atoms with Crippen LogP contribution in [-0.2, 0) is 14.3 Å². The van der Waals surface area contributed by atoms with Crippen molar-refractivity contribution in [2.24, 2.45) is 0 Å². The molecule has 0 aliphatic carbocycles. The zero-order valence-corrected chi connectivity index (χ0v) is 22.0. The van der Waals surface area contributed by atoms with E-state index in [1.807, 2.05) is 27.7 Å². The lowest BCUT2D eigenvalue weighted by Crippen LogP contribution is -2.58. The Morgan fingerprint density at radius 2 is 1.74 bits per heavy atom. The van der Waals surface area contributed by atoms with Crippen LogP contribution in [0.15, 0.2) is 24.3 Å². The van der Waals surface area contributed by atoms with E-state index in [0.29, 0.717) is 24.1 Å². The van der Waals surface area contributed by atoms with Crippen molar-refractivity contribution in [1.29, 1.82) is 0 Å². The summed E-state index contributed by atoms with van der Waals surface area (Å²) in [5, 5.41) is 5.58. The largest absolute Gasteiger partial charge is 0.444 e. The summed E-state index contributed by atoms with van der Waals surface area (Å²) in [5.41, 5.74) is -0.313. The van der Waals surface area contributed by atoms with Crippen LogP contribution in [-0.4, -0.2) is 46.5 Å². The topological polar surface area (TPSA) is 87.7 Å². The molecule has 0 fully saturated rings. The second-order valence-electron chi connectivity index (χ2n) is 10.0. The maximum Gasteiger partial charge on any atom is 0.408 e.